The first-order valence-electron chi connectivity index (χ1n) is 11.9. The number of carbonyl (C=O) groups excluding carboxylic acids is 1. The molecule has 0 saturated carbocycles. The molecule has 0 radical (unpaired) electrons. The molecule has 222 valence electrons. The Morgan fingerprint density at radius 3 is 2.34 bits per heavy atom. The second-order valence-corrected chi connectivity index (χ2v) is 9.99. The number of aliphatic hydroxyl groups is 1. The van der Waals surface area contributed by atoms with E-state index in [1.54, 1.807) is 0 Å². The molecule has 0 bridgehead atoms. The van der Waals surface area contributed by atoms with E-state index in [1.165, 1.54) is 33.1 Å². The molecule has 1 heterocycles. The van der Waals surface area contributed by atoms with Gasteiger partial charge in [0, 0.05) is 16.7 Å². The number of rotatable bonds is 10. The SMILES string of the molecule is COc1cc(C(=O)NC[C@@](O)(c2cc(C(C)(C)N)cc(-c3ccc(F)c(Cl)c3)n2)C(F)(F)F)ccc1OCC(F)F. The lowest BCUT2D eigenvalue weighted by Crippen LogP contribution is -2.51. The fraction of sp³-hybridized carbons (Fsp3) is 0.333. The summed E-state index contributed by atoms with van der Waals surface area (Å²) in [4.78, 5) is 16.8. The standard InChI is InChI=1S/C27H26ClF6N3O4/c1-25(2,35)16-10-19(14-4-6-18(29)17(28)8-14)37-22(11-16)26(39,27(32,33)34)13-36-24(38)15-5-7-20(21(9-15)40-3)41-12-23(30)31/h4-11,23,39H,12-13,35H2,1-3H3,(H,36,38)/t26-/m1/s1. The summed E-state index contributed by atoms with van der Waals surface area (Å²) < 4.78 is 91.8. The van der Waals surface area contributed by atoms with Crippen LogP contribution in [0, 0.1) is 5.82 Å². The minimum Gasteiger partial charge on any atom is -0.493 e. The van der Waals surface area contributed by atoms with Crippen molar-refractivity contribution in [3.8, 4) is 22.8 Å². The highest BCUT2D eigenvalue weighted by Crippen LogP contribution is 2.40. The molecule has 1 aromatic heterocycles. The number of pyridine rings is 1. The van der Waals surface area contributed by atoms with Gasteiger partial charge in [0.2, 0.25) is 5.60 Å². The number of hydrogen-bond acceptors (Lipinski definition) is 6. The molecule has 0 unspecified atom stereocenters. The Labute approximate surface area is 236 Å². The number of nitrogens with one attached hydrogen (secondary N) is 1. The normalized spacial score (nSPS) is 13.6. The van der Waals surface area contributed by atoms with Crippen LogP contribution in [0.1, 0.15) is 35.5 Å². The van der Waals surface area contributed by atoms with E-state index in [1.807, 2.05) is 5.32 Å². The molecule has 0 fully saturated rings. The Kier molecular flexibility index (Phi) is 9.46. The maximum Gasteiger partial charge on any atom is 0.424 e. The zero-order valence-corrected chi connectivity index (χ0v) is 22.7. The smallest absolute Gasteiger partial charge is 0.424 e. The molecule has 14 heteroatoms. The molecular weight excluding hydrogens is 580 g/mol. The second kappa shape index (κ2) is 12.1. The number of methoxy groups -OCH3 is 1. The maximum atomic E-state index is 14.4. The van der Waals surface area contributed by atoms with E-state index in [9.17, 15) is 36.2 Å². The van der Waals surface area contributed by atoms with Gasteiger partial charge in [0.25, 0.3) is 12.3 Å². The Morgan fingerprint density at radius 2 is 1.78 bits per heavy atom. The van der Waals surface area contributed by atoms with Gasteiger partial charge in [0.15, 0.2) is 11.5 Å². The third-order valence-electron chi connectivity index (χ3n) is 5.97. The topological polar surface area (TPSA) is 107 Å². The van der Waals surface area contributed by atoms with Crippen LogP contribution in [0.2, 0.25) is 5.02 Å². The van der Waals surface area contributed by atoms with Crippen LogP contribution >= 0.6 is 11.6 Å². The van der Waals surface area contributed by atoms with Crippen LogP contribution < -0.4 is 20.5 Å². The molecular formula is C27H26ClF6N3O4. The fourth-order valence-corrected chi connectivity index (χ4v) is 3.83. The minimum absolute atomic E-state index is 0.0870. The number of ether oxygens (including phenoxy) is 2. The van der Waals surface area contributed by atoms with Gasteiger partial charge >= 0.3 is 6.18 Å². The molecule has 1 amide bonds. The molecule has 0 aliphatic heterocycles. The summed E-state index contributed by atoms with van der Waals surface area (Å²) >= 11 is 5.85. The quantitative estimate of drug-likeness (QED) is 0.261. The third kappa shape index (κ3) is 7.40. The maximum absolute atomic E-state index is 14.4. The summed E-state index contributed by atoms with van der Waals surface area (Å²) in [6, 6.07) is 9.10. The lowest BCUT2D eigenvalue weighted by molar-refractivity contribution is -0.265. The van der Waals surface area contributed by atoms with Crippen molar-refractivity contribution >= 4 is 17.5 Å². The van der Waals surface area contributed by atoms with E-state index in [-0.39, 0.29) is 38.9 Å². The molecule has 2 aromatic carbocycles. The predicted octanol–water partition coefficient (Wildman–Crippen LogP) is 5.57. The number of hydrogen-bond donors (Lipinski definition) is 3. The van der Waals surface area contributed by atoms with Gasteiger partial charge in [-0.2, -0.15) is 13.2 Å². The van der Waals surface area contributed by atoms with Gasteiger partial charge in [-0.3, -0.25) is 4.79 Å². The first-order chi connectivity index (χ1) is 19.0. The van der Waals surface area contributed by atoms with Crippen molar-refractivity contribution in [2.75, 3.05) is 20.3 Å². The van der Waals surface area contributed by atoms with Gasteiger partial charge in [-0.15, -0.1) is 0 Å². The lowest BCUT2D eigenvalue weighted by atomic mass is 9.89. The number of carbonyl (C=O) groups is 1. The Hall–Kier alpha value is -3.55. The van der Waals surface area contributed by atoms with Crippen molar-refractivity contribution in [2.24, 2.45) is 5.73 Å². The van der Waals surface area contributed by atoms with Gasteiger partial charge < -0.3 is 25.6 Å². The van der Waals surface area contributed by atoms with Crippen LogP contribution in [0.5, 0.6) is 11.5 Å². The first-order valence-corrected chi connectivity index (χ1v) is 12.3. The largest absolute Gasteiger partial charge is 0.493 e. The molecule has 7 nitrogen and oxygen atoms in total. The number of nitrogens with zero attached hydrogens (tertiary/aromatic N) is 1. The molecule has 3 aromatic rings. The zero-order valence-electron chi connectivity index (χ0n) is 22.0. The predicted molar refractivity (Wildman–Crippen MR) is 139 cm³/mol. The monoisotopic (exact) mass is 605 g/mol. The van der Waals surface area contributed by atoms with Gasteiger partial charge in [-0.1, -0.05) is 11.6 Å². The summed E-state index contributed by atoms with van der Waals surface area (Å²) in [5, 5.41) is 12.7. The number of alkyl halides is 5. The first kappa shape index (κ1) is 32.0. The van der Waals surface area contributed by atoms with Crippen LogP contribution in [0.25, 0.3) is 11.3 Å². The van der Waals surface area contributed by atoms with E-state index in [2.05, 4.69) is 4.98 Å². The highest BCUT2D eigenvalue weighted by Gasteiger charge is 2.56. The number of benzene rings is 2. The molecule has 0 aliphatic carbocycles. The zero-order chi connectivity index (χ0) is 30.8. The molecule has 0 saturated heterocycles. The Balaban J connectivity index is 2.00. The van der Waals surface area contributed by atoms with Gasteiger partial charge in [0.1, 0.15) is 12.4 Å². The Bertz CT molecular complexity index is 1410. The molecule has 1 atom stereocenters. The second-order valence-electron chi connectivity index (χ2n) is 9.59. The van der Waals surface area contributed by atoms with Crippen LogP contribution in [0.15, 0.2) is 48.5 Å². The van der Waals surface area contributed by atoms with Crippen LogP contribution in [-0.2, 0) is 11.1 Å². The number of nitrogens with two attached hydrogens (primary N) is 1. The number of amides is 1. The average Bonchev–Trinajstić information content (AvgIpc) is 2.90. The molecule has 0 aliphatic rings. The summed E-state index contributed by atoms with van der Waals surface area (Å²) in [7, 11) is 1.18. The van der Waals surface area contributed by atoms with Crippen LogP contribution in [0.3, 0.4) is 0 Å². The van der Waals surface area contributed by atoms with Gasteiger partial charge in [-0.25, -0.2) is 18.2 Å². The van der Waals surface area contributed by atoms with E-state index in [4.69, 9.17) is 26.8 Å². The van der Waals surface area contributed by atoms with Crippen molar-refractivity contribution in [2.45, 2.75) is 37.6 Å². The van der Waals surface area contributed by atoms with Gasteiger partial charge in [0.05, 0.1) is 30.1 Å². The number of halogens is 7. The highest BCUT2D eigenvalue weighted by molar-refractivity contribution is 6.31. The van der Waals surface area contributed by atoms with Gasteiger partial charge in [-0.05, 0) is 67.9 Å². The average molecular weight is 606 g/mol. The van der Waals surface area contributed by atoms with E-state index in [0.717, 1.165) is 36.4 Å². The van der Waals surface area contributed by atoms with E-state index < -0.39 is 54.3 Å². The summed E-state index contributed by atoms with van der Waals surface area (Å²) in [6.07, 6.45) is -8.12. The van der Waals surface area contributed by atoms with E-state index in [0.29, 0.717) is 0 Å². The minimum atomic E-state index is -5.34. The molecule has 41 heavy (non-hydrogen) atoms. The third-order valence-corrected chi connectivity index (χ3v) is 6.26. The summed E-state index contributed by atoms with van der Waals surface area (Å²) in [5.74, 6) is -2.04. The fourth-order valence-electron chi connectivity index (χ4n) is 3.64. The highest BCUT2D eigenvalue weighted by atomic mass is 35.5. The van der Waals surface area contributed by atoms with Crippen molar-refractivity contribution in [3.63, 3.8) is 0 Å². The van der Waals surface area contributed by atoms with Crippen molar-refractivity contribution in [3.05, 3.63) is 76.2 Å². The van der Waals surface area contributed by atoms with Crippen molar-refractivity contribution in [1.82, 2.24) is 10.3 Å². The van der Waals surface area contributed by atoms with Crippen LogP contribution in [-0.4, -0.2) is 48.9 Å². The van der Waals surface area contributed by atoms with E-state index >= 15 is 0 Å². The van der Waals surface area contributed by atoms with Crippen molar-refractivity contribution < 1.29 is 45.7 Å². The molecule has 4 N–H and O–H groups in total. The molecule has 0 spiro atoms. The lowest BCUT2D eigenvalue weighted by Gasteiger charge is -2.32. The summed E-state index contributed by atoms with van der Waals surface area (Å²) in [6.45, 7) is 0.721. The van der Waals surface area contributed by atoms with Crippen molar-refractivity contribution in [1.29, 1.82) is 0 Å². The molecule has 3 rings (SSSR count). The Morgan fingerprint density at radius 1 is 1.10 bits per heavy atom. The summed E-state index contributed by atoms with van der Waals surface area (Å²) in [5.41, 5.74) is 0.368. The number of aromatic nitrogens is 1. The van der Waals surface area contributed by atoms with Crippen LogP contribution in [0.4, 0.5) is 26.3 Å².